The van der Waals surface area contributed by atoms with Gasteiger partial charge in [-0.15, -0.1) is 0 Å². The summed E-state index contributed by atoms with van der Waals surface area (Å²) in [5.74, 6) is 0. The number of fused-ring (bicyclic) bond motifs is 1. The maximum absolute atomic E-state index is 9.16. The molecule has 1 heterocycles. The first-order valence-corrected chi connectivity index (χ1v) is 5.43. The molecule has 0 amide bonds. The molecule has 0 aliphatic carbocycles. The molecule has 74 valence electrons. The second kappa shape index (κ2) is 3.21. The molecule has 4 nitrogen and oxygen atoms in total. The van der Waals surface area contributed by atoms with E-state index in [1.807, 2.05) is 0 Å². The summed E-state index contributed by atoms with van der Waals surface area (Å²) >= 11 is 0. The summed E-state index contributed by atoms with van der Waals surface area (Å²) in [5.41, 5.74) is 0. The average Bonchev–Trinajstić information content (AvgIpc) is 2.15. The molecule has 1 aromatic heterocycles. The normalized spacial score (nSPS) is 13.1. The van der Waals surface area contributed by atoms with Crippen molar-refractivity contribution in [2.75, 3.05) is 0 Å². The smallest absolute Gasteiger partial charge is 0.113 e. The molecule has 1 aromatic carbocycles. The molecule has 0 fully saturated rings. The van der Waals surface area contributed by atoms with Crippen LogP contribution in [0.2, 0.25) is 0 Å². The molecule has 0 unspecified atom stereocenters. The highest BCUT2D eigenvalue weighted by Crippen LogP contribution is 2.46. The van der Waals surface area contributed by atoms with E-state index >= 15 is 0 Å². The van der Waals surface area contributed by atoms with Crippen LogP contribution in [0.4, 0.5) is 0 Å². The van der Waals surface area contributed by atoms with Gasteiger partial charge in [-0.3, -0.25) is 4.98 Å². The van der Waals surface area contributed by atoms with E-state index in [1.165, 1.54) is 12.3 Å². The predicted octanol–water partition coefficient (Wildman–Crippen LogP) is 2.82. The molecule has 0 saturated carbocycles. The number of hydrogen-bond donors (Lipinski definition) is 3. The van der Waals surface area contributed by atoms with Crippen molar-refractivity contribution in [2.45, 2.75) is 4.90 Å². The van der Waals surface area contributed by atoms with Gasteiger partial charge in [0.05, 0.1) is 4.90 Å². The molecule has 2 aromatic rings. The summed E-state index contributed by atoms with van der Waals surface area (Å²) in [4.78, 5) is 4.04. The fourth-order valence-electron chi connectivity index (χ4n) is 1.33. The van der Waals surface area contributed by atoms with Crippen molar-refractivity contribution in [1.29, 1.82) is 0 Å². The molecule has 0 bridgehead atoms. The largest absolute Gasteiger partial charge is 0.304 e. The quantitative estimate of drug-likeness (QED) is 0.678. The molecule has 3 N–H and O–H groups in total. The molecule has 0 atom stereocenters. The average molecular weight is 211 g/mol. The van der Waals surface area contributed by atoms with Gasteiger partial charge in [-0.1, -0.05) is 12.1 Å². The summed E-state index contributed by atoms with van der Waals surface area (Å²) in [6, 6.07) is 6.55. The Morgan fingerprint density at radius 1 is 1.07 bits per heavy atom. The first-order valence-electron chi connectivity index (χ1n) is 3.92. The Morgan fingerprint density at radius 3 is 2.57 bits per heavy atom. The second-order valence-corrected chi connectivity index (χ2v) is 4.35. The summed E-state index contributed by atoms with van der Waals surface area (Å²) in [7, 11) is -3.66. The molecule has 2 rings (SSSR count). The molecular weight excluding hydrogens is 202 g/mol. The van der Waals surface area contributed by atoms with Gasteiger partial charge in [0.2, 0.25) is 0 Å². The van der Waals surface area contributed by atoms with Crippen LogP contribution in [-0.2, 0) is 0 Å². The zero-order valence-electron chi connectivity index (χ0n) is 7.16. The van der Waals surface area contributed by atoms with E-state index in [1.54, 1.807) is 24.4 Å². The molecule has 5 heteroatoms. The van der Waals surface area contributed by atoms with Crippen LogP contribution in [0.5, 0.6) is 0 Å². The zero-order chi connectivity index (χ0) is 10.2. The van der Waals surface area contributed by atoms with E-state index in [0.717, 1.165) is 5.39 Å². The van der Waals surface area contributed by atoms with Gasteiger partial charge in [0, 0.05) is 23.2 Å². The van der Waals surface area contributed by atoms with Crippen molar-refractivity contribution in [2.24, 2.45) is 0 Å². The molecular formula is C9H9NO3S. The number of hydrogen-bond acceptors (Lipinski definition) is 4. The summed E-state index contributed by atoms with van der Waals surface area (Å²) in [6.45, 7) is 0. The lowest BCUT2D eigenvalue weighted by Gasteiger charge is -2.20. The highest BCUT2D eigenvalue weighted by atomic mass is 32.3. The Morgan fingerprint density at radius 2 is 1.86 bits per heavy atom. The Balaban J connectivity index is 2.78. The molecule has 0 spiro atoms. The third-order valence-corrected chi connectivity index (χ3v) is 2.88. The van der Waals surface area contributed by atoms with Crippen molar-refractivity contribution in [1.82, 2.24) is 4.98 Å². The van der Waals surface area contributed by atoms with Crippen molar-refractivity contribution in [3.05, 3.63) is 36.7 Å². The van der Waals surface area contributed by atoms with Gasteiger partial charge in [0.15, 0.2) is 0 Å². The topological polar surface area (TPSA) is 73.6 Å². The fourth-order valence-corrected chi connectivity index (χ4v) is 2.07. The Bertz CT molecular complexity index is 462. The minimum absolute atomic E-state index is 0.136. The summed E-state index contributed by atoms with van der Waals surface area (Å²) in [5, 5.41) is 1.36. The van der Waals surface area contributed by atoms with Crippen LogP contribution in [0.1, 0.15) is 0 Å². The third kappa shape index (κ3) is 1.58. The maximum atomic E-state index is 9.16. The molecule has 14 heavy (non-hydrogen) atoms. The number of nitrogens with zero attached hydrogens (tertiary/aromatic N) is 1. The molecule has 0 aliphatic heterocycles. The minimum atomic E-state index is -3.66. The highest BCUT2D eigenvalue weighted by Gasteiger charge is 2.17. The van der Waals surface area contributed by atoms with Gasteiger partial charge >= 0.3 is 0 Å². The molecule has 0 saturated heterocycles. The van der Waals surface area contributed by atoms with Crippen LogP contribution in [0.3, 0.4) is 0 Å². The van der Waals surface area contributed by atoms with Gasteiger partial charge in [0.1, 0.15) is 10.9 Å². The van der Waals surface area contributed by atoms with Crippen LogP contribution in [0, 0.1) is 0 Å². The van der Waals surface area contributed by atoms with Crippen molar-refractivity contribution < 1.29 is 13.7 Å². The minimum Gasteiger partial charge on any atom is -0.304 e. The van der Waals surface area contributed by atoms with Crippen LogP contribution in [0.25, 0.3) is 10.8 Å². The number of pyridine rings is 1. The molecule has 0 radical (unpaired) electrons. The lowest BCUT2D eigenvalue weighted by atomic mass is 10.2. The Kier molecular flexibility index (Phi) is 2.16. The Hall–Kier alpha value is -1.14. The second-order valence-electron chi connectivity index (χ2n) is 2.87. The van der Waals surface area contributed by atoms with Gasteiger partial charge in [-0.05, 0) is 12.1 Å². The van der Waals surface area contributed by atoms with Gasteiger partial charge in [0.25, 0.3) is 0 Å². The fraction of sp³-hybridized carbons (Fsp3) is 0. The maximum Gasteiger partial charge on any atom is 0.113 e. The monoisotopic (exact) mass is 211 g/mol. The molecule has 0 aliphatic rings. The van der Waals surface area contributed by atoms with Crippen molar-refractivity contribution in [3.63, 3.8) is 0 Å². The first kappa shape index (κ1) is 9.42. The lowest BCUT2D eigenvalue weighted by Crippen LogP contribution is -1.96. The highest BCUT2D eigenvalue weighted by molar-refractivity contribution is 8.19. The van der Waals surface area contributed by atoms with E-state index in [4.69, 9.17) is 13.7 Å². The standard InChI is InChI=1S/C9H9NO3S/c11-14(12,13)9-3-1-2-7-6-10-5-4-8(7)9/h1-6,11-13H. The van der Waals surface area contributed by atoms with E-state index in [-0.39, 0.29) is 4.90 Å². The van der Waals surface area contributed by atoms with E-state index in [0.29, 0.717) is 5.39 Å². The van der Waals surface area contributed by atoms with Crippen molar-refractivity contribution >= 4 is 21.6 Å². The number of rotatable bonds is 1. The SMILES string of the molecule is OS(O)(O)c1cccc2cnccc12. The van der Waals surface area contributed by atoms with Crippen molar-refractivity contribution in [3.8, 4) is 0 Å². The van der Waals surface area contributed by atoms with E-state index in [2.05, 4.69) is 4.98 Å². The first-order chi connectivity index (χ1) is 6.59. The lowest BCUT2D eigenvalue weighted by molar-refractivity contribution is 0.377. The zero-order valence-corrected chi connectivity index (χ0v) is 7.98. The van der Waals surface area contributed by atoms with Gasteiger partial charge in [-0.2, -0.15) is 0 Å². The Labute approximate surface area is 82.4 Å². The predicted molar refractivity (Wildman–Crippen MR) is 55.5 cm³/mol. The number of aromatic nitrogens is 1. The van der Waals surface area contributed by atoms with E-state index < -0.39 is 10.9 Å². The van der Waals surface area contributed by atoms with Gasteiger partial charge < -0.3 is 13.7 Å². The van der Waals surface area contributed by atoms with Crippen LogP contribution in [-0.4, -0.2) is 18.6 Å². The van der Waals surface area contributed by atoms with Crippen LogP contribution >= 0.6 is 10.9 Å². The summed E-state index contributed by atoms with van der Waals surface area (Å²) in [6.07, 6.45) is 3.14. The summed E-state index contributed by atoms with van der Waals surface area (Å²) < 4.78 is 27.5. The van der Waals surface area contributed by atoms with Crippen LogP contribution in [0.15, 0.2) is 41.6 Å². The van der Waals surface area contributed by atoms with Crippen LogP contribution < -0.4 is 0 Å². The number of benzene rings is 1. The third-order valence-electron chi connectivity index (χ3n) is 1.94. The van der Waals surface area contributed by atoms with E-state index in [9.17, 15) is 0 Å². The van der Waals surface area contributed by atoms with Gasteiger partial charge in [-0.25, -0.2) is 0 Å².